The van der Waals surface area contributed by atoms with Gasteiger partial charge in [0.25, 0.3) is 0 Å². The first-order valence-electron chi connectivity index (χ1n) is 5.45. The van der Waals surface area contributed by atoms with Crippen LogP contribution in [0.5, 0.6) is 0 Å². The Hall–Kier alpha value is -1.34. The van der Waals surface area contributed by atoms with E-state index in [1.165, 1.54) is 27.8 Å². The maximum absolute atomic E-state index is 2.24. The lowest BCUT2D eigenvalue weighted by Gasteiger charge is -2.11. The summed E-state index contributed by atoms with van der Waals surface area (Å²) in [6.45, 7) is 0. The first-order chi connectivity index (χ1) is 7.36. The van der Waals surface area contributed by atoms with E-state index in [0.717, 1.165) is 5.54 Å². The Morgan fingerprint density at radius 3 is 1.93 bits per heavy atom. The molecule has 0 saturated heterocycles. The van der Waals surface area contributed by atoms with Gasteiger partial charge in [0.05, 0.1) is 0 Å². The van der Waals surface area contributed by atoms with Crippen LogP contribution in [0, 0.1) is 0 Å². The standard InChI is InChI=1S/C14H16Si/c15-14(13-9-5-2-6-10-13)11-12-7-3-1-4-8-12/h1-10,14H,11H2,15H3. The predicted molar refractivity (Wildman–Crippen MR) is 69.3 cm³/mol. The maximum Gasteiger partial charge on any atom is 0.0127 e. The highest BCUT2D eigenvalue weighted by atomic mass is 28.1. The third-order valence-electron chi connectivity index (χ3n) is 2.75. The molecule has 0 fully saturated rings. The van der Waals surface area contributed by atoms with E-state index < -0.39 is 0 Å². The highest BCUT2D eigenvalue weighted by Crippen LogP contribution is 2.16. The van der Waals surface area contributed by atoms with Crippen molar-refractivity contribution in [2.45, 2.75) is 12.0 Å². The van der Waals surface area contributed by atoms with Crippen LogP contribution in [0.1, 0.15) is 16.7 Å². The van der Waals surface area contributed by atoms with Gasteiger partial charge >= 0.3 is 0 Å². The Bertz CT molecular complexity index is 394. The van der Waals surface area contributed by atoms with E-state index in [1.54, 1.807) is 0 Å². The van der Waals surface area contributed by atoms with Gasteiger partial charge in [-0.15, -0.1) is 0 Å². The lowest BCUT2D eigenvalue weighted by molar-refractivity contribution is 0.918. The average molecular weight is 212 g/mol. The number of rotatable bonds is 3. The number of hydrogen-bond acceptors (Lipinski definition) is 0. The molecule has 15 heavy (non-hydrogen) atoms. The van der Waals surface area contributed by atoms with Crippen LogP contribution in [0.2, 0.25) is 0 Å². The number of hydrogen-bond donors (Lipinski definition) is 0. The second kappa shape index (κ2) is 4.94. The van der Waals surface area contributed by atoms with Crippen LogP contribution in [-0.4, -0.2) is 10.2 Å². The summed E-state index contributed by atoms with van der Waals surface area (Å²) in [4.78, 5) is 0. The maximum atomic E-state index is 2.24. The van der Waals surface area contributed by atoms with Crippen LogP contribution in [0.15, 0.2) is 60.7 Å². The van der Waals surface area contributed by atoms with Crippen molar-refractivity contribution in [2.75, 3.05) is 0 Å². The minimum absolute atomic E-state index is 0.730. The Kier molecular flexibility index (Phi) is 3.35. The minimum Gasteiger partial charge on any atom is -0.0622 e. The molecule has 0 N–H and O–H groups in total. The molecule has 1 heteroatoms. The summed E-state index contributed by atoms with van der Waals surface area (Å²) < 4.78 is 0. The molecule has 0 aromatic heterocycles. The largest absolute Gasteiger partial charge is 0.0622 e. The zero-order chi connectivity index (χ0) is 10.5. The molecule has 2 aromatic carbocycles. The van der Waals surface area contributed by atoms with Crippen molar-refractivity contribution >= 4 is 10.2 Å². The van der Waals surface area contributed by atoms with Gasteiger partial charge in [-0.1, -0.05) is 60.7 Å². The van der Waals surface area contributed by atoms with Gasteiger partial charge < -0.3 is 0 Å². The summed E-state index contributed by atoms with van der Waals surface area (Å²) in [7, 11) is 1.21. The summed E-state index contributed by atoms with van der Waals surface area (Å²) in [5.41, 5.74) is 3.66. The monoisotopic (exact) mass is 212 g/mol. The molecule has 0 saturated carbocycles. The summed E-state index contributed by atoms with van der Waals surface area (Å²) in [6.07, 6.45) is 1.18. The van der Waals surface area contributed by atoms with Gasteiger partial charge in [0.2, 0.25) is 0 Å². The molecule has 0 nitrogen and oxygen atoms in total. The molecule has 0 heterocycles. The highest BCUT2D eigenvalue weighted by molar-refractivity contribution is 6.12. The lowest BCUT2D eigenvalue weighted by Crippen LogP contribution is -2.01. The van der Waals surface area contributed by atoms with Crippen molar-refractivity contribution in [2.24, 2.45) is 0 Å². The van der Waals surface area contributed by atoms with Crippen molar-refractivity contribution in [3.05, 3.63) is 71.8 Å². The SMILES string of the molecule is [SiH3]C(Cc1ccccc1)c1ccccc1. The van der Waals surface area contributed by atoms with Gasteiger partial charge in [-0.05, 0) is 23.1 Å². The van der Waals surface area contributed by atoms with E-state index in [1.807, 2.05) is 0 Å². The van der Waals surface area contributed by atoms with Gasteiger partial charge in [0.15, 0.2) is 0 Å². The van der Waals surface area contributed by atoms with Crippen molar-refractivity contribution in [3.8, 4) is 0 Å². The normalized spacial score (nSPS) is 12.5. The quantitative estimate of drug-likeness (QED) is 0.685. The summed E-state index contributed by atoms with van der Waals surface area (Å²) >= 11 is 0. The first kappa shape index (κ1) is 10.2. The molecule has 76 valence electrons. The van der Waals surface area contributed by atoms with E-state index in [2.05, 4.69) is 60.7 Å². The summed E-state index contributed by atoms with van der Waals surface area (Å²) in [5.74, 6) is 0. The molecule has 0 radical (unpaired) electrons. The molecular formula is C14H16Si. The highest BCUT2D eigenvalue weighted by Gasteiger charge is 2.04. The fourth-order valence-electron chi connectivity index (χ4n) is 1.87. The van der Waals surface area contributed by atoms with E-state index in [0.29, 0.717) is 0 Å². The van der Waals surface area contributed by atoms with Gasteiger partial charge in [-0.2, -0.15) is 0 Å². The molecule has 0 amide bonds. The van der Waals surface area contributed by atoms with Crippen LogP contribution in [-0.2, 0) is 6.42 Å². The van der Waals surface area contributed by atoms with E-state index in [4.69, 9.17) is 0 Å². The Labute approximate surface area is 94.4 Å². The Morgan fingerprint density at radius 1 is 0.800 bits per heavy atom. The van der Waals surface area contributed by atoms with E-state index in [-0.39, 0.29) is 0 Å². The molecule has 0 spiro atoms. The zero-order valence-electron chi connectivity index (χ0n) is 9.06. The van der Waals surface area contributed by atoms with Crippen molar-refractivity contribution in [1.82, 2.24) is 0 Å². The van der Waals surface area contributed by atoms with Crippen molar-refractivity contribution in [1.29, 1.82) is 0 Å². The van der Waals surface area contributed by atoms with Crippen molar-refractivity contribution < 1.29 is 0 Å². The van der Waals surface area contributed by atoms with Gasteiger partial charge in [-0.25, -0.2) is 0 Å². The Balaban J connectivity index is 2.08. The number of benzene rings is 2. The smallest absolute Gasteiger partial charge is 0.0127 e. The first-order valence-corrected chi connectivity index (χ1v) is 6.60. The molecule has 2 aromatic rings. The second-order valence-corrected chi connectivity index (χ2v) is 5.40. The van der Waals surface area contributed by atoms with Crippen LogP contribution in [0.25, 0.3) is 0 Å². The molecule has 0 aliphatic heterocycles. The summed E-state index contributed by atoms with van der Waals surface area (Å²) in [5, 5.41) is 0. The third-order valence-corrected chi connectivity index (χ3v) is 3.83. The van der Waals surface area contributed by atoms with E-state index >= 15 is 0 Å². The van der Waals surface area contributed by atoms with Crippen LogP contribution in [0.3, 0.4) is 0 Å². The third kappa shape index (κ3) is 2.80. The minimum atomic E-state index is 0.730. The van der Waals surface area contributed by atoms with Crippen molar-refractivity contribution in [3.63, 3.8) is 0 Å². The molecular weight excluding hydrogens is 196 g/mol. The fourth-order valence-corrected chi connectivity index (χ4v) is 2.72. The molecule has 0 aliphatic rings. The van der Waals surface area contributed by atoms with Crippen LogP contribution >= 0.6 is 0 Å². The predicted octanol–water partition coefficient (Wildman–Crippen LogP) is 2.34. The van der Waals surface area contributed by atoms with Crippen LogP contribution in [0.4, 0.5) is 0 Å². The van der Waals surface area contributed by atoms with Crippen LogP contribution < -0.4 is 0 Å². The van der Waals surface area contributed by atoms with Gasteiger partial charge in [0, 0.05) is 10.2 Å². The molecule has 0 aliphatic carbocycles. The lowest BCUT2D eigenvalue weighted by atomic mass is 10.0. The zero-order valence-corrected chi connectivity index (χ0v) is 11.1. The molecule has 1 atom stereocenters. The average Bonchev–Trinajstić information content (AvgIpc) is 2.31. The summed E-state index contributed by atoms with van der Waals surface area (Å²) in [6, 6.07) is 21.6. The van der Waals surface area contributed by atoms with Gasteiger partial charge in [0.1, 0.15) is 0 Å². The topological polar surface area (TPSA) is 0 Å². The fraction of sp³-hybridized carbons (Fsp3) is 0.143. The second-order valence-electron chi connectivity index (χ2n) is 4.00. The Morgan fingerprint density at radius 2 is 1.33 bits per heavy atom. The van der Waals surface area contributed by atoms with Gasteiger partial charge in [-0.3, -0.25) is 0 Å². The van der Waals surface area contributed by atoms with E-state index in [9.17, 15) is 0 Å². The molecule has 0 bridgehead atoms. The molecule has 1 unspecified atom stereocenters. The molecule has 2 rings (SSSR count).